The highest BCUT2D eigenvalue weighted by atomic mass is 16.5. The molecule has 0 amide bonds. The van der Waals surface area contributed by atoms with Crippen molar-refractivity contribution in [2.45, 2.75) is 25.4 Å². The summed E-state index contributed by atoms with van der Waals surface area (Å²) >= 11 is 0. The van der Waals surface area contributed by atoms with Crippen molar-refractivity contribution >= 4 is 0 Å². The molecule has 0 aliphatic heterocycles. The van der Waals surface area contributed by atoms with E-state index < -0.39 is 0 Å². The molecule has 0 atom stereocenters. The first kappa shape index (κ1) is 13.9. The van der Waals surface area contributed by atoms with Crippen molar-refractivity contribution in [1.82, 2.24) is 15.0 Å². The third-order valence-electron chi connectivity index (χ3n) is 3.67. The molecule has 6 heteroatoms. The first-order valence-corrected chi connectivity index (χ1v) is 6.96. The van der Waals surface area contributed by atoms with Crippen molar-refractivity contribution < 1.29 is 14.0 Å². The van der Waals surface area contributed by atoms with Gasteiger partial charge in [0, 0.05) is 12.1 Å². The summed E-state index contributed by atoms with van der Waals surface area (Å²) in [4.78, 5) is 6.69. The minimum absolute atomic E-state index is 0.536. The van der Waals surface area contributed by atoms with Crippen LogP contribution in [0.2, 0.25) is 0 Å². The van der Waals surface area contributed by atoms with Crippen LogP contribution in [-0.4, -0.2) is 42.3 Å². The number of hydrogen-bond acceptors (Lipinski definition) is 6. The summed E-state index contributed by atoms with van der Waals surface area (Å²) in [6.45, 7) is 0.677. The van der Waals surface area contributed by atoms with Crippen molar-refractivity contribution in [3.05, 3.63) is 24.1 Å². The van der Waals surface area contributed by atoms with Crippen LogP contribution in [0.5, 0.6) is 11.5 Å². The molecule has 1 aliphatic carbocycles. The molecule has 1 aromatic carbocycles. The highest BCUT2D eigenvalue weighted by Gasteiger charge is 2.27. The van der Waals surface area contributed by atoms with E-state index in [9.17, 15) is 0 Å². The van der Waals surface area contributed by atoms with Crippen LogP contribution in [0, 0.1) is 0 Å². The van der Waals surface area contributed by atoms with Gasteiger partial charge in [-0.05, 0) is 32.0 Å². The molecule has 2 aromatic rings. The quantitative estimate of drug-likeness (QED) is 0.813. The first-order valence-electron chi connectivity index (χ1n) is 6.96. The van der Waals surface area contributed by atoms with Gasteiger partial charge in [-0.15, -0.1) is 0 Å². The van der Waals surface area contributed by atoms with Crippen LogP contribution in [-0.2, 0) is 6.54 Å². The molecule has 0 radical (unpaired) electrons. The molecule has 6 nitrogen and oxygen atoms in total. The fourth-order valence-corrected chi connectivity index (χ4v) is 2.27. The van der Waals surface area contributed by atoms with Gasteiger partial charge in [-0.2, -0.15) is 4.98 Å². The molecule has 0 spiro atoms. The van der Waals surface area contributed by atoms with E-state index in [1.807, 2.05) is 18.2 Å². The molecule has 0 bridgehead atoms. The summed E-state index contributed by atoms with van der Waals surface area (Å²) in [5.74, 6) is 2.55. The molecule has 112 valence electrons. The number of benzene rings is 1. The molecule has 0 N–H and O–H groups in total. The molecule has 1 fully saturated rings. The lowest BCUT2D eigenvalue weighted by atomic mass is 10.2. The number of hydrogen-bond donors (Lipinski definition) is 0. The van der Waals surface area contributed by atoms with Gasteiger partial charge in [-0.25, -0.2) is 0 Å². The smallest absolute Gasteiger partial charge is 0.241 e. The van der Waals surface area contributed by atoms with Gasteiger partial charge in [-0.3, -0.25) is 4.90 Å². The van der Waals surface area contributed by atoms with E-state index in [1.165, 1.54) is 12.8 Å². The molecular formula is C15H19N3O3. The predicted molar refractivity (Wildman–Crippen MR) is 77.3 cm³/mol. The van der Waals surface area contributed by atoms with Gasteiger partial charge in [0.25, 0.3) is 0 Å². The summed E-state index contributed by atoms with van der Waals surface area (Å²) < 4.78 is 15.9. The second kappa shape index (κ2) is 5.73. The maximum absolute atomic E-state index is 5.37. The van der Waals surface area contributed by atoms with Crippen LogP contribution in [0.1, 0.15) is 18.7 Å². The fourth-order valence-electron chi connectivity index (χ4n) is 2.27. The van der Waals surface area contributed by atoms with Crippen molar-refractivity contribution in [2.24, 2.45) is 0 Å². The Morgan fingerprint density at radius 1 is 1.29 bits per heavy atom. The third kappa shape index (κ3) is 3.00. The SMILES string of the molecule is COc1ccc(-c2noc(CN(C)C3CC3)n2)c(OC)c1. The highest BCUT2D eigenvalue weighted by molar-refractivity contribution is 5.65. The highest BCUT2D eigenvalue weighted by Crippen LogP contribution is 2.32. The largest absolute Gasteiger partial charge is 0.497 e. The number of methoxy groups -OCH3 is 2. The van der Waals surface area contributed by atoms with Gasteiger partial charge in [0.15, 0.2) is 0 Å². The van der Waals surface area contributed by atoms with E-state index in [0.717, 1.165) is 11.3 Å². The van der Waals surface area contributed by atoms with E-state index in [2.05, 4.69) is 22.1 Å². The van der Waals surface area contributed by atoms with Crippen LogP contribution >= 0.6 is 0 Å². The average molecular weight is 289 g/mol. The van der Waals surface area contributed by atoms with Crippen LogP contribution in [0.3, 0.4) is 0 Å². The average Bonchev–Trinajstić information content (AvgIpc) is 3.27. The Balaban J connectivity index is 1.81. The van der Waals surface area contributed by atoms with Crippen molar-refractivity contribution in [2.75, 3.05) is 21.3 Å². The first-order chi connectivity index (χ1) is 10.2. The topological polar surface area (TPSA) is 60.6 Å². The lowest BCUT2D eigenvalue weighted by Gasteiger charge is -2.11. The van der Waals surface area contributed by atoms with Gasteiger partial charge >= 0.3 is 0 Å². The fraction of sp³-hybridized carbons (Fsp3) is 0.467. The van der Waals surface area contributed by atoms with Crippen LogP contribution in [0.25, 0.3) is 11.4 Å². The van der Waals surface area contributed by atoms with E-state index in [4.69, 9.17) is 14.0 Å². The molecular weight excluding hydrogens is 270 g/mol. The summed E-state index contributed by atoms with van der Waals surface area (Å²) in [5.41, 5.74) is 0.794. The van der Waals surface area contributed by atoms with Crippen LogP contribution in [0.4, 0.5) is 0 Å². The number of nitrogens with zero attached hydrogens (tertiary/aromatic N) is 3. The monoisotopic (exact) mass is 289 g/mol. The van der Waals surface area contributed by atoms with E-state index in [-0.39, 0.29) is 0 Å². The standard InChI is InChI=1S/C15H19N3O3/c1-18(10-4-5-10)9-14-16-15(17-21-14)12-7-6-11(19-2)8-13(12)20-3/h6-8,10H,4-5,9H2,1-3H3. The Bertz CT molecular complexity index is 622. The third-order valence-corrected chi connectivity index (χ3v) is 3.67. The Labute approximate surface area is 123 Å². The minimum Gasteiger partial charge on any atom is -0.497 e. The molecule has 0 unspecified atom stereocenters. The summed E-state index contributed by atoms with van der Waals surface area (Å²) in [5, 5.41) is 4.05. The van der Waals surface area contributed by atoms with Crippen molar-refractivity contribution in [3.63, 3.8) is 0 Å². The molecule has 1 aromatic heterocycles. The van der Waals surface area contributed by atoms with Gasteiger partial charge < -0.3 is 14.0 Å². The zero-order chi connectivity index (χ0) is 14.8. The van der Waals surface area contributed by atoms with Crippen LogP contribution < -0.4 is 9.47 Å². The van der Waals surface area contributed by atoms with Crippen LogP contribution in [0.15, 0.2) is 22.7 Å². The lowest BCUT2D eigenvalue weighted by molar-refractivity contribution is 0.259. The lowest BCUT2D eigenvalue weighted by Crippen LogP contribution is -2.20. The normalized spacial score (nSPS) is 14.5. The van der Waals surface area contributed by atoms with Crippen molar-refractivity contribution in [3.8, 4) is 22.9 Å². The maximum atomic E-state index is 5.37. The van der Waals surface area contributed by atoms with E-state index in [1.54, 1.807) is 14.2 Å². The van der Waals surface area contributed by atoms with E-state index >= 15 is 0 Å². The molecule has 21 heavy (non-hydrogen) atoms. The number of rotatable bonds is 6. The molecule has 1 heterocycles. The van der Waals surface area contributed by atoms with Gasteiger partial charge in [-0.1, -0.05) is 5.16 Å². The Morgan fingerprint density at radius 3 is 2.76 bits per heavy atom. The zero-order valence-corrected chi connectivity index (χ0v) is 12.5. The van der Waals surface area contributed by atoms with Gasteiger partial charge in [0.2, 0.25) is 11.7 Å². The number of ether oxygens (including phenoxy) is 2. The Morgan fingerprint density at radius 2 is 2.10 bits per heavy atom. The summed E-state index contributed by atoms with van der Waals surface area (Å²) in [6, 6.07) is 6.19. The molecule has 3 rings (SSSR count). The predicted octanol–water partition coefficient (Wildman–Crippen LogP) is 2.35. The second-order valence-electron chi connectivity index (χ2n) is 5.22. The maximum Gasteiger partial charge on any atom is 0.241 e. The van der Waals surface area contributed by atoms with Crippen molar-refractivity contribution in [1.29, 1.82) is 0 Å². The zero-order valence-electron chi connectivity index (χ0n) is 12.5. The van der Waals surface area contributed by atoms with Gasteiger partial charge in [0.1, 0.15) is 11.5 Å². The summed E-state index contributed by atoms with van der Waals surface area (Å²) in [7, 11) is 5.31. The molecule has 1 aliphatic rings. The second-order valence-corrected chi connectivity index (χ2v) is 5.22. The molecule has 0 saturated heterocycles. The van der Waals surface area contributed by atoms with E-state index in [0.29, 0.717) is 30.1 Å². The number of aromatic nitrogens is 2. The Hall–Kier alpha value is -2.08. The molecule has 1 saturated carbocycles. The Kier molecular flexibility index (Phi) is 3.79. The van der Waals surface area contributed by atoms with Gasteiger partial charge in [0.05, 0.1) is 26.3 Å². The minimum atomic E-state index is 0.536. The summed E-state index contributed by atoms with van der Waals surface area (Å²) in [6.07, 6.45) is 2.51.